The third-order valence-corrected chi connectivity index (χ3v) is 4.33. The highest BCUT2D eigenvalue weighted by atomic mass is 32.2. The summed E-state index contributed by atoms with van der Waals surface area (Å²) in [5.74, 6) is -2.98. The Bertz CT molecular complexity index is 1040. The first-order chi connectivity index (χ1) is 14.4. The van der Waals surface area contributed by atoms with Gasteiger partial charge in [0.05, 0.1) is 6.54 Å². The van der Waals surface area contributed by atoms with Crippen LogP contribution in [-0.4, -0.2) is 71.2 Å². The van der Waals surface area contributed by atoms with Crippen molar-refractivity contribution in [1.29, 1.82) is 0 Å². The van der Waals surface area contributed by atoms with Crippen molar-refractivity contribution < 1.29 is 47.7 Å². The van der Waals surface area contributed by atoms with Crippen LogP contribution in [0.3, 0.4) is 0 Å². The van der Waals surface area contributed by atoms with Gasteiger partial charge in [-0.25, -0.2) is 24.5 Å². The van der Waals surface area contributed by atoms with E-state index in [1.165, 1.54) is 9.55 Å². The second-order valence-electron chi connectivity index (χ2n) is 5.70. The maximum absolute atomic E-state index is 11.8. The fraction of sp³-hybridized carbons (Fsp3) is 0.154. The number of nitrogens with zero attached hydrogens (tertiary/aromatic N) is 1. The van der Waals surface area contributed by atoms with Crippen molar-refractivity contribution >= 4 is 40.2 Å². The molecular weight excluding hydrogens is 446 g/mol. The number of hydrogen-bond acceptors (Lipinski definition) is 9. The topological polar surface area (TPSA) is 256 Å². The first-order valence-electron chi connectivity index (χ1n) is 7.92. The van der Waals surface area contributed by atoms with Gasteiger partial charge >= 0.3 is 28.4 Å². The van der Waals surface area contributed by atoms with Gasteiger partial charge in [0.1, 0.15) is 6.04 Å². The van der Waals surface area contributed by atoms with Gasteiger partial charge in [-0.1, -0.05) is 0 Å². The molecule has 7 amide bonds. The molecule has 0 aromatic heterocycles. The van der Waals surface area contributed by atoms with Crippen LogP contribution < -0.4 is 31.1 Å². The summed E-state index contributed by atoms with van der Waals surface area (Å²) in [6.45, 7) is -0.404. The molecule has 0 bridgehead atoms. The van der Waals surface area contributed by atoms with E-state index >= 15 is 0 Å². The molecule has 1 atom stereocenters. The lowest BCUT2D eigenvalue weighted by atomic mass is 10.1. The Hall–Kier alpha value is -4.32. The number of hydrazine groups is 2. The number of β-lactam (4-membered cyclic amide) rings is 1. The van der Waals surface area contributed by atoms with Crippen molar-refractivity contribution in [2.75, 3.05) is 6.54 Å². The normalized spacial score (nSPS) is 15.3. The van der Waals surface area contributed by atoms with Crippen molar-refractivity contribution in [2.45, 2.75) is 6.04 Å². The third-order valence-electron chi connectivity index (χ3n) is 3.52. The van der Waals surface area contributed by atoms with Crippen LogP contribution in [0.25, 0.3) is 0 Å². The maximum atomic E-state index is 11.8. The van der Waals surface area contributed by atoms with Crippen molar-refractivity contribution in [1.82, 2.24) is 36.0 Å². The van der Waals surface area contributed by atoms with Crippen LogP contribution >= 0.6 is 0 Å². The highest BCUT2D eigenvalue weighted by Crippen LogP contribution is 2.24. The van der Waals surface area contributed by atoms with Gasteiger partial charge in [0.15, 0.2) is 11.5 Å². The van der Waals surface area contributed by atoms with E-state index in [1.54, 1.807) is 10.9 Å². The Morgan fingerprint density at radius 3 is 2.29 bits per heavy atom. The predicted octanol–water partition coefficient (Wildman–Crippen LogP) is -3.02. The Balaban J connectivity index is 1.77. The minimum atomic E-state index is -4.69. The third kappa shape index (κ3) is 6.08. The highest BCUT2D eigenvalue weighted by molar-refractivity contribution is 7.88. The average molecular weight is 461 g/mol. The molecule has 18 heteroatoms. The van der Waals surface area contributed by atoms with Gasteiger partial charge in [-0.05, 0) is 18.2 Å². The number of hydrogen-bond donors (Lipinski definition) is 9. The summed E-state index contributed by atoms with van der Waals surface area (Å²) in [4.78, 5) is 58.9. The molecule has 2 rings (SSSR count). The zero-order valence-electron chi connectivity index (χ0n) is 15.1. The lowest BCUT2D eigenvalue weighted by Gasteiger charge is -2.35. The van der Waals surface area contributed by atoms with E-state index in [2.05, 4.69) is 0 Å². The van der Waals surface area contributed by atoms with E-state index in [4.69, 9.17) is 10.2 Å². The second-order valence-corrected chi connectivity index (χ2v) is 7.12. The number of phenols is 2. The molecule has 1 fully saturated rings. The van der Waals surface area contributed by atoms with Crippen LogP contribution in [-0.2, 0) is 15.0 Å². The zero-order valence-corrected chi connectivity index (χ0v) is 15.9. The van der Waals surface area contributed by atoms with E-state index in [-0.39, 0.29) is 5.56 Å². The van der Waals surface area contributed by atoms with E-state index in [1.807, 2.05) is 10.7 Å². The summed E-state index contributed by atoms with van der Waals surface area (Å²) in [6, 6.07) is -0.846. The van der Waals surface area contributed by atoms with E-state index in [0.29, 0.717) is 4.90 Å². The number of phenolic OH excluding ortho intramolecular Hbond substituents is 2. The summed E-state index contributed by atoms with van der Waals surface area (Å²) >= 11 is 0. The Kier molecular flexibility index (Phi) is 6.67. The monoisotopic (exact) mass is 461 g/mol. The summed E-state index contributed by atoms with van der Waals surface area (Å²) in [5, 5.41) is 28.8. The van der Waals surface area contributed by atoms with Crippen LogP contribution in [0.15, 0.2) is 18.2 Å². The highest BCUT2D eigenvalue weighted by Gasteiger charge is 2.42. The second kappa shape index (κ2) is 9.00. The minimum Gasteiger partial charge on any atom is -0.504 e. The van der Waals surface area contributed by atoms with E-state index < -0.39 is 64.3 Å². The fourth-order valence-electron chi connectivity index (χ4n) is 2.06. The molecule has 1 saturated heterocycles. The summed E-state index contributed by atoms with van der Waals surface area (Å²) in [5.41, 5.74) is 5.04. The fourth-order valence-corrected chi connectivity index (χ4v) is 2.67. The van der Waals surface area contributed by atoms with Crippen LogP contribution in [0.2, 0.25) is 0 Å². The van der Waals surface area contributed by atoms with Crippen molar-refractivity contribution in [2.24, 2.45) is 0 Å². The summed E-state index contributed by atoms with van der Waals surface area (Å²) in [6.07, 6.45) is -1.50. The number of likely N-dealkylation sites (tertiary alicyclic amines) is 1. The number of amides is 7. The van der Waals surface area contributed by atoms with Crippen molar-refractivity contribution in [3.8, 4) is 11.5 Å². The molecule has 0 aliphatic carbocycles. The van der Waals surface area contributed by atoms with Gasteiger partial charge in [0.25, 0.3) is 11.8 Å². The molecule has 1 aliphatic heterocycles. The summed E-state index contributed by atoms with van der Waals surface area (Å²) < 4.78 is 24.8. The molecule has 1 aromatic carbocycles. The molecule has 0 saturated carbocycles. The maximum Gasteiger partial charge on any atom is 0.405 e. The molecule has 0 radical (unpaired) electrons. The number of nitrogens with one attached hydrogen (secondary N) is 6. The molecular formula is C13H15N7O10S. The average Bonchev–Trinajstić information content (AvgIpc) is 2.68. The molecule has 1 aromatic rings. The number of benzene rings is 1. The SMILES string of the molecule is O=C(O)N[C@H]1CN(C(=O)NS(=O)(=O)NNC(=O)NNC(=O)c2ccc(O)c(O)c2)C1=O. The number of urea groups is 2. The zero-order chi connectivity index (χ0) is 23.3. The van der Waals surface area contributed by atoms with Gasteiger partial charge in [-0.3, -0.25) is 25.3 Å². The van der Waals surface area contributed by atoms with E-state index in [0.717, 1.165) is 18.2 Å². The van der Waals surface area contributed by atoms with Gasteiger partial charge in [-0.2, -0.15) is 8.42 Å². The molecule has 9 N–H and O–H groups in total. The van der Waals surface area contributed by atoms with Gasteiger partial charge in [0, 0.05) is 5.56 Å². The number of rotatable bonds is 5. The number of carbonyl (C=O) groups excluding carboxylic acids is 4. The summed E-state index contributed by atoms with van der Waals surface area (Å²) in [7, 11) is -4.69. The Morgan fingerprint density at radius 2 is 1.71 bits per heavy atom. The standard InChI is InChI=1S/C13H15N7O10S/c21-7-2-1-5(3-8(7)22)9(23)15-16-11(25)17-19-31(29,30)18-12(26)20-4-6(10(20)24)14-13(27)28/h1-3,6,14,19,21-22H,4H2,(H,15,23)(H,18,26)(H,27,28)(H2,16,17,25)/t6-/m0/s1. The van der Waals surface area contributed by atoms with Crippen molar-refractivity contribution in [3.63, 3.8) is 0 Å². The quantitative estimate of drug-likeness (QED) is 0.122. The number of aromatic hydroxyl groups is 2. The molecule has 31 heavy (non-hydrogen) atoms. The van der Waals surface area contributed by atoms with Gasteiger partial charge in [0.2, 0.25) is 0 Å². The Morgan fingerprint density at radius 1 is 1.03 bits per heavy atom. The largest absolute Gasteiger partial charge is 0.504 e. The minimum absolute atomic E-state index is 0.154. The van der Waals surface area contributed by atoms with Crippen molar-refractivity contribution in [3.05, 3.63) is 23.8 Å². The van der Waals surface area contributed by atoms with Crippen LogP contribution in [0.5, 0.6) is 11.5 Å². The number of carbonyl (C=O) groups is 5. The molecule has 1 heterocycles. The predicted molar refractivity (Wildman–Crippen MR) is 96.2 cm³/mol. The van der Waals surface area contributed by atoms with Crippen LogP contribution in [0, 0.1) is 0 Å². The first-order valence-corrected chi connectivity index (χ1v) is 9.40. The first kappa shape index (κ1) is 23.0. The van der Waals surface area contributed by atoms with Gasteiger partial charge in [-0.15, -0.1) is 4.83 Å². The lowest BCUT2D eigenvalue weighted by molar-refractivity contribution is -0.138. The van der Waals surface area contributed by atoms with Crippen LogP contribution in [0.1, 0.15) is 10.4 Å². The number of imide groups is 1. The molecule has 0 unspecified atom stereocenters. The lowest BCUT2D eigenvalue weighted by Crippen LogP contribution is -2.68. The molecule has 168 valence electrons. The van der Waals surface area contributed by atoms with E-state index in [9.17, 15) is 37.5 Å². The molecule has 17 nitrogen and oxygen atoms in total. The smallest absolute Gasteiger partial charge is 0.405 e. The molecule has 0 spiro atoms. The number of carboxylic acid groups (broad SMARTS) is 1. The van der Waals surface area contributed by atoms with Crippen LogP contribution in [0.4, 0.5) is 14.4 Å². The molecule has 1 aliphatic rings. The van der Waals surface area contributed by atoms with Gasteiger partial charge < -0.3 is 20.6 Å². The Labute approximate surface area is 172 Å².